The molecule has 7 heteroatoms. The normalized spacial score (nSPS) is 23.5. The molecule has 0 radical (unpaired) electrons. The lowest BCUT2D eigenvalue weighted by Crippen LogP contribution is -2.49. The number of piperazine rings is 1. The maximum absolute atomic E-state index is 6.02. The van der Waals surface area contributed by atoms with Gasteiger partial charge in [-0.05, 0) is 61.3 Å². The van der Waals surface area contributed by atoms with Crippen molar-refractivity contribution >= 4 is 5.82 Å². The molecule has 1 aliphatic heterocycles. The van der Waals surface area contributed by atoms with Gasteiger partial charge in [-0.2, -0.15) is 0 Å². The molecule has 3 aromatic rings. The van der Waals surface area contributed by atoms with Gasteiger partial charge >= 0.3 is 0 Å². The van der Waals surface area contributed by atoms with Crippen LogP contribution in [0.2, 0.25) is 0 Å². The van der Waals surface area contributed by atoms with Crippen molar-refractivity contribution in [3.05, 3.63) is 66.5 Å². The van der Waals surface area contributed by atoms with Gasteiger partial charge in [0.2, 0.25) is 11.8 Å². The number of pyridine rings is 2. The van der Waals surface area contributed by atoms with E-state index in [1.807, 2.05) is 24.4 Å². The van der Waals surface area contributed by atoms with E-state index < -0.39 is 0 Å². The van der Waals surface area contributed by atoms with Crippen LogP contribution in [0.25, 0.3) is 11.5 Å². The monoisotopic (exact) mass is 472 g/mol. The zero-order valence-corrected chi connectivity index (χ0v) is 21.0. The molecule has 35 heavy (non-hydrogen) atoms. The number of rotatable bonds is 7. The van der Waals surface area contributed by atoms with Crippen LogP contribution in [-0.4, -0.2) is 57.8 Å². The summed E-state index contributed by atoms with van der Waals surface area (Å²) in [5, 5.41) is 8.63. The fourth-order valence-electron chi connectivity index (χ4n) is 5.64. The summed E-state index contributed by atoms with van der Waals surface area (Å²) >= 11 is 0. The van der Waals surface area contributed by atoms with E-state index in [4.69, 9.17) is 4.42 Å². The third-order valence-electron chi connectivity index (χ3n) is 7.71. The average molecular weight is 473 g/mol. The lowest BCUT2D eigenvalue weighted by Gasteiger charge is -2.41. The standard InChI is InChI=1S/C28H36N6O/c1-20(2)25-17-23(18-27-31-32-28(35-27)22-7-10-29-11-8-22)21(3)16-24(25)19-33-12-14-34(15-13-33)26-6-4-5-9-30-26/h4-11,16,20,23-25H,12-15,17-19H2,1-3H3/t23-,24-,25-/m0/s1. The van der Waals surface area contributed by atoms with Crippen LogP contribution in [-0.2, 0) is 6.42 Å². The molecule has 0 N–H and O–H groups in total. The lowest BCUT2D eigenvalue weighted by atomic mass is 9.69. The molecule has 0 unspecified atom stereocenters. The first-order valence-electron chi connectivity index (χ1n) is 12.9. The van der Waals surface area contributed by atoms with Crippen LogP contribution in [0.1, 0.15) is 33.1 Å². The van der Waals surface area contributed by atoms with E-state index in [-0.39, 0.29) is 0 Å². The molecule has 2 aliphatic rings. The molecule has 0 amide bonds. The number of hydrogen-bond donors (Lipinski definition) is 0. The predicted octanol–water partition coefficient (Wildman–Crippen LogP) is 4.75. The van der Waals surface area contributed by atoms with Crippen LogP contribution >= 0.6 is 0 Å². The van der Waals surface area contributed by atoms with Crippen molar-refractivity contribution in [3.8, 4) is 11.5 Å². The van der Waals surface area contributed by atoms with Crippen LogP contribution < -0.4 is 4.90 Å². The maximum Gasteiger partial charge on any atom is 0.247 e. The highest BCUT2D eigenvalue weighted by molar-refractivity contribution is 5.50. The fourth-order valence-corrected chi connectivity index (χ4v) is 5.64. The van der Waals surface area contributed by atoms with Crippen LogP contribution in [0, 0.1) is 23.7 Å². The van der Waals surface area contributed by atoms with E-state index in [0.717, 1.165) is 56.4 Å². The number of allylic oxidation sites excluding steroid dienone is 1. The zero-order chi connectivity index (χ0) is 24.2. The molecule has 0 saturated carbocycles. The minimum atomic E-state index is 0.449. The summed E-state index contributed by atoms with van der Waals surface area (Å²) in [4.78, 5) is 13.6. The van der Waals surface area contributed by atoms with Gasteiger partial charge in [0.05, 0.1) is 0 Å². The van der Waals surface area contributed by atoms with Gasteiger partial charge in [-0.25, -0.2) is 4.98 Å². The van der Waals surface area contributed by atoms with E-state index in [1.54, 1.807) is 12.4 Å². The van der Waals surface area contributed by atoms with Crippen molar-refractivity contribution in [2.45, 2.75) is 33.6 Å². The summed E-state index contributed by atoms with van der Waals surface area (Å²) in [6, 6.07) is 9.97. The fraction of sp³-hybridized carbons (Fsp3) is 0.500. The quantitative estimate of drug-likeness (QED) is 0.460. The molecular formula is C28H36N6O. The second-order valence-electron chi connectivity index (χ2n) is 10.3. The summed E-state index contributed by atoms with van der Waals surface area (Å²) in [5.41, 5.74) is 2.38. The predicted molar refractivity (Wildman–Crippen MR) is 138 cm³/mol. The molecule has 0 bridgehead atoms. The van der Waals surface area contributed by atoms with E-state index in [9.17, 15) is 0 Å². The molecule has 1 fully saturated rings. The highest BCUT2D eigenvalue weighted by atomic mass is 16.4. The Labute approximate surface area is 208 Å². The van der Waals surface area contributed by atoms with Gasteiger partial charge in [-0.15, -0.1) is 10.2 Å². The maximum atomic E-state index is 6.02. The topological polar surface area (TPSA) is 71.2 Å². The van der Waals surface area contributed by atoms with E-state index in [0.29, 0.717) is 29.6 Å². The third-order valence-corrected chi connectivity index (χ3v) is 7.71. The van der Waals surface area contributed by atoms with Crippen molar-refractivity contribution in [2.24, 2.45) is 23.7 Å². The highest BCUT2D eigenvalue weighted by Gasteiger charge is 2.34. The molecule has 4 heterocycles. The number of hydrogen-bond acceptors (Lipinski definition) is 7. The van der Waals surface area contributed by atoms with Crippen molar-refractivity contribution in [2.75, 3.05) is 37.6 Å². The summed E-state index contributed by atoms with van der Waals surface area (Å²) in [6.45, 7) is 12.4. The Bertz CT molecular complexity index is 1100. The lowest BCUT2D eigenvalue weighted by molar-refractivity contribution is 0.155. The average Bonchev–Trinajstić information content (AvgIpc) is 3.35. The first kappa shape index (κ1) is 23.7. The highest BCUT2D eigenvalue weighted by Crippen LogP contribution is 2.39. The largest absolute Gasteiger partial charge is 0.421 e. The molecule has 0 spiro atoms. The molecule has 3 aromatic heterocycles. The van der Waals surface area contributed by atoms with Crippen molar-refractivity contribution in [1.29, 1.82) is 0 Å². The molecule has 1 aliphatic carbocycles. The van der Waals surface area contributed by atoms with Gasteiger partial charge in [-0.3, -0.25) is 9.88 Å². The minimum absolute atomic E-state index is 0.449. The van der Waals surface area contributed by atoms with Crippen molar-refractivity contribution in [3.63, 3.8) is 0 Å². The Morgan fingerprint density at radius 3 is 2.51 bits per heavy atom. The molecule has 7 nitrogen and oxygen atoms in total. The van der Waals surface area contributed by atoms with Crippen LogP contribution in [0.3, 0.4) is 0 Å². The summed E-state index contributed by atoms with van der Waals surface area (Å²) < 4.78 is 6.02. The Morgan fingerprint density at radius 1 is 1.00 bits per heavy atom. The molecule has 1 saturated heterocycles. The molecular weight excluding hydrogens is 436 g/mol. The second kappa shape index (κ2) is 10.7. The zero-order valence-electron chi connectivity index (χ0n) is 21.0. The Kier molecular flexibility index (Phi) is 7.23. The van der Waals surface area contributed by atoms with Crippen LogP contribution in [0.4, 0.5) is 5.82 Å². The third kappa shape index (κ3) is 5.61. The first-order valence-corrected chi connectivity index (χ1v) is 12.9. The van der Waals surface area contributed by atoms with E-state index >= 15 is 0 Å². The van der Waals surface area contributed by atoms with E-state index in [1.165, 1.54) is 12.0 Å². The van der Waals surface area contributed by atoms with Gasteiger partial charge < -0.3 is 9.32 Å². The van der Waals surface area contributed by atoms with Gasteiger partial charge in [0, 0.05) is 63.3 Å². The van der Waals surface area contributed by atoms with E-state index in [2.05, 4.69) is 68.9 Å². The van der Waals surface area contributed by atoms with Crippen LogP contribution in [0.15, 0.2) is 65.0 Å². The summed E-state index contributed by atoms with van der Waals surface area (Å²) in [5.74, 6) is 4.71. The smallest absolute Gasteiger partial charge is 0.247 e. The molecule has 3 atom stereocenters. The number of aromatic nitrogens is 4. The second-order valence-corrected chi connectivity index (χ2v) is 10.3. The Morgan fingerprint density at radius 2 is 1.80 bits per heavy atom. The van der Waals surface area contributed by atoms with Crippen molar-refractivity contribution in [1.82, 2.24) is 25.1 Å². The SMILES string of the molecule is CC1=C[C@@H](CN2CCN(c3ccccn3)CC2)[C@H](C(C)C)C[C@H]1Cc1nnc(-c2ccncc2)o1. The Balaban J connectivity index is 1.22. The van der Waals surface area contributed by atoms with Gasteiger partial charge in [0.1, 0.15) is 5.82 Å². The summed E-state index contributed by atoms with van der Waals surface area (Å²) in [6.07, 6.45) is 9.90. The first-order chi connectivity index (χ1) is 17.1. The van der Waals surface area contributed by atoms with Gasteiger partial charge in [0.25, 0.3) is 0 Å². The number of nitrogens with zero attached hydrogens (tertiary/aromatic N) is 6. The van der Waals surface area contributed by atoms with Gasteiger partial charge in [0.15, 0.2) is 0 Å². The Hall–Kier alpha value is -3.06. The molecule has 5 rings (SSSR count). The minimum Gasteiger partial charge on any atom is -0.421 e. The van der Waals surface area contributed by atoms with Gasteiger partial charge in [-0.1, -0.05) is 31.6 Å². The summed E-state index contributed by atoms with van der Waals surface area (Å²) in [7, 11) is 0. The number of anilines is 1. The molecule has 184 valence electrons. The molecule has 0 aromatic carbocycles. The van der Waals surface area contributed by atoms with Crippen molar-refractivity contribution < 1.29 is 4.42 Å². The van der Waals surface area contributed by atoms with Crippen LogP contribution in [0.5, 0.6) is 0 Å².